The molecular weight excluding hydrogens is 363 g/mol. The first-order chi connectivity index (χ1) is 11.8. The highest BCUT2D eigenvalue weighted by atomic mass is 35.5. The van der Waals surface area contributed by atoms with Crippen LogP contribution in [0.3, 0.4) is 0 Å². The van der Waals surface area contributed by atoms with Gasteiger partial charge in [0, 0.05) is 22.3 Å². The Morgan fingerprint density at radius 3 is 2.48 bits per heavy atom. The van der Waals surface area contributed by atoms with Gasteiger partial charge in [0.25, 0.3) is 0 Å². The van der Waals surface area contributed by atoms with Crippen LogP contribution in [0.25, 0.3) is 22.4 Å². The summed E-state index contributed by atoms with van der Waals surface area (Å²) in [6.07, 6.45) is 1.51. The Morgan fingerprint density at radius 1 is 1.08 bits per heavy atom. The van der Waals surface area contributed by atoms with Crippen molar-refractivity contribution >= 4 is 21.6 Å². The Morgan fingerprint density at radius 2 is 1.80 bits per heavy atom. The predicted molar refractivity (Wildman–Crippen MR) is 96.2 cm³/mol. The Hall–Kier alpha value is -2.28. The van der Waals surface area contributed by atoms with Crippen LogP contribution in [-0.4, -0.2) is 13.4 Å². The summed E-state index contributed by atoms with van der Waals surface area (Å²) >= 11 is 6.19. The van der Waals surface area contributed by atoms with Gasteiger partial charge >= 0.3 is 0 Å². The molecule has 0 fully saturated rings. The lowest BCUT2D eigenvalue weighted by molar-refractivity contribution is 0.569. The smallest absolute Gasteiger partial charge is 0.240 e. The van der Waals surface area contributed by atoms with E-state index in [1.165, 1.54) is 18.3 Å². The number of nitrogens with zero attached hydrogens (tertiary/aromatic N) is 1. The molecule has 0 saturated carbocycles. The van der Waals surface area contributed by atoms with Crippen LogP contribution < -0.4 is 5.14 Å². The van der Waals surface area contributed by atoms with Crippen LogP contribution in [0.15, 0.2) is 59.6 Å². The van der Waals surface area contributed by atoms with Crippen molar-refractivity contribution in [3.8, 4) is 22.4 Å². The van der Waals surface area contributed by atoms with E-state index in [0.29, 0.717) is 16.3 Å². The Kier molecular flexibility index (Phi) is 4.60. The maximum Gasteiger partial charge on any atom is 0.240 e. The zero-order chi connectivity index (χ0) is 18.2. The molecule has 0 aliphatic heterocycles. The molecule has 128 valence electrons. The van der Waals surface area contributed by atoms with Gasteiger partial charge in [0.2, 0.25) is 10.0 Å². The highest BCUT2D eigenvalue weighted by Gasteiger charge is 2.20. The predicted octanol–water partition coefficient (Wildman–Crippen LogP) is 4.16. The maximum atomic E-state index is 14.8. The van der Waals surface area contributed by atoms with Crippen molar-refractivity contribution in [2.24, 2.45) is 5.14 Å². The molecule has 25 heavy (non-hydrogen) atoms. The zero-order valence-corrected chi connectivity index (χ0v) is 14.8. The first kappa shape index (κ1) is 17.5. The molecule has 0 atom stereocenters. The molecule has 0 amide bonds. The van der Waals surface area contributed by atoms with Crippen molar-refractivity contribution in [3.63, 3.8) is 0 Å². The minimum atomic E-state index is -4.18. The number of nitrogens with two attached hydrogens (primary N) is 1. The lowest BCUT2D eigenvalue weighted by Gasteiger charge is -2.12. The van der Waals surface area contributed by atoms with E-state index in [9.17, 15) is 12.8 Å². The van der Waals surface area contributed by atoms with Gasteiger partial charge in [-0.3, -0.25) is 4.98 Å². The standard InChI is InChI=1S/C18H14ClFN2O2S/c1-11-7-8-12(10-15(11)19)13-5-3-9-22-18(13)14-4-2-6-16(17(14)20)25(21,23)24/h2-10H,1H3,(H2,21,23,24). The summed E-state index contributed by atoms with van der Waals surface area (Å²) in [6, 6.07) is 13.0. The molecule has 0 radical (unpaired) electrons. The zero-order valence-electron chi connectivity index (χ0n) is 13.2. The highest BCUT2D eigenvalue weighted by molar-refractivity contribution is 7.89. The average molecular weight is 377 g/mol. The number of benzene rings is 2. The van der Waals surface area contributed by atoms with E-state index in [0.717, 1.165) is 17.2 Å². The van der Waals surface area contributed by atoms with Gasteiger partial charge in [0.05, 0.1) is 5.69 Å². The van der Waals surface area contributed by atoms with Crippen molar-refractivity contribution in [2.45, 2.75) is 11.8 Å². The number of halogens is 2. The molecule has 3 rings (SSSR count). The summed E-state index contributed by atoms with van der Waals surface area (Å²) < 4.78 is 37.9. The highest BCUT2D eigenvalue weighted by Crippen LogP contribution is 2.34. The molecule has 7 heteroatoms. The number of primary sulfonamides is 1. The molecule has 1 heterocycles. The Bertz CT molecular complexity index is 1070. The van der Waals surface area contributed by atoms with Crippen LogP contribution in [0.4, 0.5) is 4.39 Å². The molecule has 0 bridgehead atoms. The second kappa shape index (κ2) is 6.55. The Balaban J connectivity index is 2.26. The van der Waals surface area contributed by atoms with Crippen LogP contribution in [0.5, 0.6) is 0 Å². The Labute approximate surface area is 150 Å². The molecule has 0 aliphatic carbocycles. The molecule has 0 saturated heterocycles. The van der Waals surface area contributed by atoms with Gasteiger partial charge in [0.1, 0.15) is 4.90 Å². The summed E-state index contributed by atoms with van der Waals surface area (Å²) in [4.78, 5) is 3.68. The quantitative estimate of drug-likeness (QED) is 0.745. The van der Waals surface area contributed by atoms with Gasteiger partial charge in [-0.05, 0) is 42.3 Å². The van der Waals surface area contributed by atoms with Crippen molar-refractivity contribution < 1.29 is 12.8 Å². The number of rotatable bonds is 3. The molecule has 0 unspecified atom stereocenters. The van der Waals surface area contributed by atoms with E-state index in [2.05, 4.69) is 4.98 Å². The van der Waals surface area contributed by atoms with Crippen LogP contribution in [0.2, 0.25) is 5.02 Å². The van der Waals surface area contributed by atoms with E-state index in [-0.39, 0.29) is 5.56 Å². The van der Waals surface area contributed by atoms with Gasteiger partial charge < -0.3 is 0 Å². The van der Waals surface area contributed by atoms with E-state index >= 15 is 0 Å². The first-order valence-electron chi connectivity index (χ1n) is 7.32. The molecular formula is C18H14ClFN2O2S. The molecule has 2 aromatic carbocycles. The van der Waals surface area contributed by atoms with Gasteiger partial charge in [-0.2, -0.15) is 0 Å². The van der Waals surface area contributed by atoms with Crippen LogP contribution in [-0.2, 0) is 10.0 Å². The topological polar surface area (TPSA) is 73.0 Å². The molecule has 1 aromatic heterocycles. The number of hydrogen-bond donors (Lipinski definition) is 1. The third-order valence-electron chi connectivity index (χ3n) is 3.82. The average Bonchev–Trinajstić information content (AvgIpc) is 2.56. The van der Waals surface area contributed by atoms with Crippen molar-refractivity contribution in [3.05, 3.63) is 71.1 Å². The summed E-state index contributed by atoms with van der Waals surface area (Å²) in [5.41, 5.74) is 2.66. The second-order valence-corrected chi connectivity index (χ2v) is 7.46. The largest absolute Gasteiger partial charge is 0.255 e. The van der Waals surface area contributed by atoms with Gasteiger partial charge in [-0.25, -0.2) is 17.9 Å². The van der Waals surface area contributed by atoms with Crippen LogP contribution in [0.1, 0.15) is 5.56 Å². The number of hydrogen-bond acceptors (Lipinski definition) is 3. The van der Waals surface area contributed by atoms with Crippen molar-refractivity contribution in [2.75, 3.05) is 0 Å². The van der Waals surface area contributed by atoms with Crippen molar-refractivity contribution in [1.82, 2.24) is 4.98 Å². The first-order valence-corrected chi connectivity index (χ1v) is 9.24. The summed E-state index contributed by atoms with van der Waals surface area (Å²) in [7, 11) is -4.18. The number of aryl methyl sites for hydroxylation is 1. The summed E-state index contributed by atoms with van der Waals surface area (Å²) in [5.74, 6) is -0.928. The van der Waals surface area contributed by atoms with Gasteiger partial charge in [0.15, 0.2) is 5.82 Å². The minimum Gasteiger partial charge on any atom is -0.255 e. The molecule has 4 nitrogen and oxygen atoms in total. The third-order valence-corrected chi connectivity index (χ3v) is 5.15. The number of sulfonamides is 1. The van der Waals surface area contributed by atoms with Gasteiger partial charge in [-0.1, -0.05) is 35.9 Å². The van der Waals surface area contributed by atoms with Crippen LogP contribution in [0, 0.1) is 12.7 Å². The lowest BCUT2D eigenvalue weighted by Crippen LogP contribution is -2.14. The van der Waals surface area contributed by atoms with Crippen LogP contribution >= 0.6 is 11.6 Å². The third kappa shape index (κ3) is 3.42. The van der Waals surface area contributed by atoms with E-state index in [4.69, 9.17) is 16.7 Å². The van der Waals surface area contributed by atoms with E-state index < -0.39 is 20.7 Å². The molecule has 0 spiro atoms. The minimum absolute atomic E-state index is 0.0545. The molecule has 3 aromatic rings. The molecule has 2 N–H and O–H groups in total. The number of aromatic nitrogens is 1. The van der Waals surface area contributed by atoms with E-state index in [1.807, 2.05) is 19.1 Å². The second-order valence-electron chi connectivity index (χ2n) is 5.53. The summed E-state index contributed by atoms with van der Waals surface area (Å²) in [6.45, 7) is 1.88. The maximum absolute atomic E-state index is 14.8. The fourth-order valence-electron chi connectivity index (χ4n) is 2.53. The lowest BCUT2D eigenvalue weighted by atomic mass is 9.98. The molecule has 0 aliphatic rings. The van der Waals surface area contributed by atoms with E-state index in [1.54, 1.807) is 18.2 Å². The fraction of sp³-hybridized carbons (Fsp3) is 0.0556. The monoisotopic (exact) mass is 376 g/mol. The van der Waals surface area contributed by atoms with Gasteiger partial charge in [-0.15, -0.1) is 0 Å². The fourth-order valence-corrected chi connectivity index (χ4v) is 3.34. The SMILES string of the molecule is Cc1ccc(-c2cccnc2-c2cccc(S(N)(=O)=O)c2F)cc1Cl. The number of pyridine rings is 1. The summed E-state index contributed by atoms with van der Waals surface area (Å²) in [5, 5.41) is 5.66. The van der Waals surface area contributed by atoms with Crippen molar-refractivity contribution in [1.29, 1.82) is 0 Å². The normalized spacial score (nSPS) is 11.5.